The van der Waals surface area contributed by atoms with Crippen molar-refractivity contribution in [3.05, 3.63) is 0 Å². The second kappa shape index (κ2) is 2.30. The lowest BCUT2D eigenvalue weighted by Gasteiger charge is -2.65. The molecule has 3 aliphatic rings. The summed E-state index contributed by atoms with van der Waals surface area (Å²) >= 11 is 0. The maximum Gasteiger partial charge on any atom is 0.314 e. The second-order valence-corrected chi connectivity index (χ2v) is 4.57. The van der Waals surface area contributed by atoms with Crippen LogP contribution in [0.1, 0.15) is 25.7 Å². The number of carbonyl (C=O) groups is 2. The number of aliphatic carboxylic acids is 1. The van der Waals surface area contributed by atoms with Crippen LogP contribution in [0.4, 0.5) is 0 Å². The number of rotatable bonds is 1. The van der Waals surface area contributed by atoms with Crippen LogP contribution in [0, 0.1) is 17.8 Å². The molecule has 4 nitrogen and oxygen atoms in total. The van der Waals surface area contributed by atoms with Crippen molar-refractivity contribution in [3.8, 4) is 0 Å². The quantitative estimate of drug-likeness (QED) is 0.630. The number of carbonyl (C=O) groups excluding carboxylic acids is 1. The van der Waals surface area contributed by atoms with Crippen LogP contribution in [0.15, 0.2) is 0 Å². The normalized spacial score (nSPS) is 49.1. The molecular formula is C10H12O4. The van der Waals surface area contributed by atoms with Gasteiger partial charge in [0.2, 0.25) is 0 Å². The molecule has 2 aliphatic carbocycles. The average Bonchev–Trinajstić information content (AvgIpc) is 2.12. The molecule has 2 saturated carbocycles. The predicted octanol–water partition coefficient (Wildman–Crippen LogP) is 0.803. The Morgan fingerprint density at radius 2 is 2.29 bits per heavy atom. The lowest BCUT2D eigenvalue weighted by Crippen LogP contribution is -2.77. The molecule has 0 bridgehead atoms. The van der Waals surface area contributed by atoms with Gasteiger partial charge in [-0.1, -0.05) is 6.42 Å². The molecule has 4 atom stereocenters. The van der Waals surface area contributed by atoms with Crippen molar-refractivity contribution < 1.29 is 19.4 Å². The molecule has 0 radical (unpaired) electrons. The monoisotopic (exact) mass is 196 g/mol. The van der Waals surface area contributed by atoms with Gasteiger partial charge in [0.25, 0.3) is 0 Å². The van der Waals surface area contributed by atoms with E-state index < -0.39 is 11.9 Å². The van der Waals surface area contributed by atoms with Crippen LogP contribution in [-0.4, -0.2) is 22.6 Å². The first kappa shape index (κ1) is 8.26. The fourth-order valence-corrected chi connectivity index (χ4v) is 3.53. The van der Waals surface area contributed by atoms with Crippen LogP contribution < -0.4 is 0 Å². The molecule has 0 aromatic heterocycles. The molecule has 1 heterocycles. The fraction of sp³-hybridized carbons (Fsp3) is 0.800. The average molecular weight is 196 g/mol. The predicted molar refractivity (Wildman–Crippen MR) is 45.4 cm³/mol. The van der Waals surface area contributed by atoms with Gasteiger partial charge >= 0.3 is 11.9 Å². The minimum Gasteiger partial charge on any atom is -0.481 e. The van der Waals surface area contributed by atoms with Crippen molar-refractivity contribution in [1.29, 1.82) is 0 Å². The Morgan fingerprint density at radius 1 is 1.50 bits per heavy atom. The highest BCUT2D eigenvalue weighted by Crippen LogP contribution is 2.64. The summed E-state index contributed by atoms with van der Waals surface area (Å²) in [6.07, 6.45) is 3.91. The first-order valence-corrected chi connectivity index (χ1v) is 5.12. The number of ether oxygens (including phenoxy) is 1. The fourth-order valence-electron chi connectivity index (χ4n) is 3.53. The summed E-state index contributed by atoms with van der Waals surface area (Å²) in [4.78, 5) is 22.1. The van der Waals surface area contributed by atoms with E-state index in [1.54, 1.807) is 0 Å². The summed E-state index contributed by atoms with van der Waals surface area (Å²) in [7, 11) is 0. The maximum atomic E-state index is 11.2. The maximum absolute atomic E-state index is 11.2. The van der Waals surface area contributed by atoms with Gasteiger partial charge in [0.1, 0.15) is 11.5 Å². The Kier molecular flexibility index (Phi) is 1.36. The molecule has 76 valence electrons. The van der Waals surface area contributed by atoms with E-state index in [1.165, 1.54) is 0 Å². The molecule has 1 saturated heterocycles. The third-order valence-corrected chi connectivity index (χ3v) is 4.11. The van der Waals surface area contributed by atoms with E-state index in [9.17, 15) is 9.59 Å². The van der Waals surface area contributed by atoms with Crippen LogP contribution in [0.3, 0.4) is 0 Å². The largest absolute Gasteiger partial charge is 0.481 e. The first-order chi connectivity index (χ1) is 6.67. The zero-order chi connectivity index (χ0) is 9.92. The Bertz CT molecular complexity index is 316. The highest BCUT2D eigenvalue weighted by Gasteiger charge is 2.76. The van der Waals surface area contributed by atoms with Crippen LogP contribution in [0.5, 0.6) is 0 Å². The van der Waals surface area contributed by atoms with Crippen molar-refractivity contribution in [3.63, 3.8) is 0 Å². The Morgan fingerprint density at radius 3 is 2.93 bits per heavy atom. The number of esters is 1. The molecule has 4 unspecified atom stereocenters. The molecule has 0 aromatic rings. The van der Waals surface area contributed by atoms with Gasteiger partial charge in [-0.2, -0.15) is 0 Å². The third-order valence-electron chi connectivity index (χ3n) is 4.11. The second-order valence-electron chi connectivity index (χ2n) is 4.57. The SMILES string of the molecule is O=C(O)C1C2CCCCC23OC(=O)C13. The van der Waals surface area contributed by atoms with Crippen LogP contribution in [0.2, 0.25) is 0 Å². The van der Waals surface area contributed by atoms with Gasteiger partial charge < -0.3 is 9.84 Å². The summed E-state index contributed by atoms with van der Waals surface area (Å²) in [6, 6.07) is 0. The van der Waals surface area contributed by atoms with Gasteiger partial charge in [-0.3, -0.25) is 9.59 Å². The Labute approximate surface area is 81.2 Å². The van der Waals surface area contributed by atoms with Crippen molar-refractivity contribution in [2.45, 2.75) is 31.3 Å². The molecule has 1 spiro atoms. The van der Waals surface area contributed by atoms with E-state index >= 15 is 0 Å². The van der Waals surface area contributed by atoms with E-state index in [2.05, 4.69) is 0 Å². The lowest BCUT2D eigenvalue weighted by atomic mass is 9.46. The van der Waals surface area contributed by atoms with E-state index in [4.69, 9.17) is 9.84 Å². The molecule has 4 heteroatoms. The smallest absolute Gasteiger partial charge is 0.314 e. The summed E-state index contributed by atoms with van der Waals surface area (Å²) in [5.74, 6) is -1.82. The third kappa shape index (κ3) is 0.678. The minimum absolute atomic E-state index is 0.0939. The van der Waals surface area contributed by atoms with Crippen molar-refractivity contribution >= 4 is 11.9 Å². The lowest BCUT2D eigenvalue weighted by molar-refractivity contribution is -0.300. The number of carboxylic acid groups (broad SMARTS) is 1. The standard InChI is InChI=1S/C10H12O4/c11-8(12)6-5-3-1-2-4-10(5)7(6)9(13)14-10/h5-7H,1-4H2,(H,11,12). The van der Waals surface area contributed by atoms with E-state index in [0.29, 0.717) is 0 Å². The van der Waals surface area contributed by atoms with Gasteiger partial charge in [-0.05, 0) is 19.3 Å². The number of carboxylic acids is 1. The van der Waals surface area contributed by atoms with Crippen LogP contribution >= 0.6 is 0 Å². The summed E-state index contributed by atoms with van der Waals surface area (Å²) < 4.78 is 5.21. The van der Waals surface area contributed by atoms with Gasteiger partial charge in [-0.25, -0.2) is 0 Å². The molecular weight excluding hydrogens is 184 g/mol. The van der Waals surface area contributed by atoms with E-state index in [1.807, 2.05) is 0 Å². The van der Waals surface area contributed by atoms with Crippen LogP contribution in [-0.2, 0) is 14.3 Å². The minimum atomic E-state index is -0.825. The Balaban J connectivity index is 1.91. The highest BCUT2D eigenvalue weighted by molar-refractivity contribution is 5.90. The zero-order valence-electron chi connectivity index (χ0n) is 7.73. The van der Waals surface area contributed by atoms with Gasteiger partial charge in [0, 0.05) is 5.92 Å². The van der Waals surface area contributed by atoms with Gasteiger partial charge in [0.05, 0.1) is 5.92 Å². The highest BCUT2D eigenvalue weighted by atomic mass is 16.6. The van der Waals surface area contributed by atoms with E-state index in [-0.39, 0.29) is 23.4 Å². The van der Waals surface area contributed by atoms with Crippen LogP contribution in [0.25, 0.3) is 0 Å². The summed E-state index contributed by atoms with van der Waals surface area (Å²) in [6.45, 7) is 0. The molecule has 3 rings (SSSR count). The van der Waals surface area contributed by atoms with Crippen molar-refractivity contribution in [1.82, 2.24) is 0 Å². The topological polar surface area (TPSA) is 63.6 Å². The van der Waals surface area contributed by atoms with Gasteiger partial charge in [0.15, 0.2) is 0 Å². The van der Waals surface area contributed by atoms with Crippen molar-refractivity contribution in [2.24, 2.45) is 17.8 Å². The van der Waals surface area contributed by atoms with E-state index in [0.717, 1.165) is 25.7 Å². The molecule has 1 N–H and O–H groups in total. The molecule has 14 heavy (non-hydrogen) atoms. The zero-order valence-corrected chi connectivity index (χ0v) is 7.73. The first-order valence-electron chi connectivity index (χ1n) is 5.12. The molecule has 0 aromatic carbocycles. The number of hydrogen-bond acceptors (Lipinski definition) is 3. The summed E-state index contributed by atoms with van der Waals surface area (Å²) in [5.41, 5.74) is -0.349. The molecule has 0 amide bonds. The molecule has 3 fully saturated rings. The molecule has 1 aliphatic heterocycles. The van der Waals surface area contributed by atoms with Gasteiger partial charge in [-0.15, -0.1) is 0 Å². The summed E-state index contributed by atoms with van der Waals surface area (Å²) in [5, 5.41) is 9.00. The Hall–Kier alpha value is -1.06. The van der Waals surface area contributed by atoms with Crippen molar-refractivity contribution in [2.75, 3.05) is 0 Å². The number of hydrogen-bond donors (Lipinski definition) is 1.